The van der Waals surface area contributed by atoms with Gasteiger partial charge in [0.1, 0.15) is 6.33 Å². The van der Waals surface area contributed by atoms with E-state index >= 15 is 0 Å². The highest BCUT2D eigenvalue weighted by molar-refractivity contribution is 5.79. The molecule has 7 nitrogen and oxygen atoms in total. The van der Waals surface area contributed by atoms with Crippen molar-refractivity contribution in [1.82, 2.24) is 25.1 Å². The molecule has 1 atom stereocenters. The lowest BCUT2D eigenvalue weighted by atomic mass is 10.1. The van der Waals surface area contributed by atoms with E-state index in [1.54, 1.807) is 9.58 Å². The molecule has 7 heteroatoms. The molecule has 1 saturated heterocycles. The highest BCUT2D eigenvalue weighted by atomic mass is 16.3. The van der Waals surface area contributed by atoms with E-state index in [9.17, 15) is 9.90 Å². The Kier molecular flexibility index (Phi) is 3.42. The summed E-state index contributed by atoms with van der Waals surface area (Å²) in [7, 11) is 0. The van der Waals surface area contributed by atoms with Crippen molar-refractivity contribution >= 4 is 5.91 Å². The Hall–Kier alpha value is -2.28. The molecule has 0 aliphatic carbocycles. The standard InChI is InChI=1S/C13H15N5O2/c19-12-5-6-17(8-12)13(20)7-10-1-3-11(4-2-10)18-9-14-15-16-18/h1-4,9,12,19H,5-8H2/t12-/m1/s1. The minimum absolute atomic E-state index is 0.0525. The van der Waals surface area contributed by atoms with Crippen LogP contribution >= 0.6 is 0 Å². The molecule has 0 saturated carbocycles. The van der Waals surface area contributed by atoms with Crippen molar-refractivity contribution in [1.29, 1.82) is 0 Å². The van der Waals surface area contributed by atoms with Crippen LogP contribution in [0.3, 0.4) is 0 Å². The summed E-state index contributed by atoms with van der Waals surface area (Å²) in [6.07, 6.45) is 2.17. The van der Waals surface area contributed by atoms with Gasteiger partial charge in [-0.1, -0.05) is 12.1 Å². The summed E-state index contributed by atoms with van der Waals surface area (Å²) in [5, 5.41) is 20.4. The molecule has 1 N–H and O–H groups in total. The number of likely N-dealkylation sites (tertiary alicyclic amines) is 1. The van der Waals surface area contributed by atoms with Crippen molar-refractivity contribution in [2.45, 2.75) is 18.9 Å². The Morgan fingerprint density at radius 1 is 1.35 bits per heavy atom. The molecule has 1 fully saturated rings. The third-order valence-electron chi connectivity index (χ3n) is 3.42. The number of aliphatic hydroxyl groups excluding tert-OH is 1. The first kappa shape index (κ1) is 12.7. The third-order valence-corrected chi connectivity index (χ3v) is 3.42. The quantitative estimate of drug-likeness (QED) is 0.837. The fourth-order valence-electron chi connectivity index (χ4n) is 2.30. The van der Waals surface area contributed by atoms with Gasteiger partial charge in [-0.25, -0.2) is 4.68 Å². The number of rotatable bonds is 3. The molecule has 1 aliphatic rings. The molecule has 0 radical (unpaired) electrons. The Labute approximate surface area is 115 Å². The van der Waals surface area contributed by atoms with Crippen LogP contribution in [0.2, 0.25) is 0 Å². The van der Waals surface area contributed by atoms with Crippen molar-refractivity contribution in [3.8, 4) is 5.69 Å². The van der Waals surface area contributed by atoms with Gasteiger partial charge in [-0.2, -0.15) is 0 Å². The van der Waals surface area contributed by atoms with Gasteiger partial charge < -0.3 is 10.0 Å². The summed E-state index contributed by atoms with van der Waals surface area (Å²) < 4.78 is 1.56. The van der Waals surface area contributed by atoms with Crippen LogP contribution in [0.15, 0.2) is 30.6 Å². The number of tetrazole rings is 1. The summed E-state index contributed by atoms with van der Waals surface area (Å²) >= 11 is 0. The third kappa shape index (κ3) is 2.67. The van der Waals surface area contributed by atoms with Crippen LogP contribution in [0.1, 0.15) is 12.0 Å². The number of benzene rings is 1. The van der Waals surface area contributed by atoms with Crippen molar-refractivity contribution in [2.75, 3.05) is 13.1 Å². The summed E-state index contributed by atoms with van der Waals surface area (Å²) in [4.78, 5) is 13.8. The average Bonchev–Trinajstić information content (AvgIpc) is 3.10. The largest absolute Gasteiger partial charge is 0.391 e. The molecular weight excluding hydrogens is 258 g/mol. The van der Waals surface area contributed by atoms with Gasteiger partial charge in [-0.3, -0.25) is 4.79 Å². The SMILES string of the molecule is O=C(Cc1ccc(-n2cnnn2)cc1)N1CC[C@@H](O)C1. The zero-order chi connectivity index (χ0) is 13.9. The maximum atomic E-state index is 12.1. The first-order valence-electron chi connectivity index (χ1n) is 6.50. The minimum atomic E-state index is -0.374. The van der Waals surface area contributed by atoms with Gasteiger partial charge >= 0.3 is 0 Å². The van der Waals surface area contributed by atoms with E-state index in [2.05, 4.69) is 15.5 Å². The molecule has 1 aromatic heterocycles. The monoisotopic (exact) mass is 273 g/mol. The van der Waals surface area contributed by atoms with Gasteiger partial charge in [0.2, 0.25) is 5.91 Å². The fourth-order valence-corrected chi connectivity index (χ4v) is 2.30. The zero-order valence-electron chi connectivity index (χ0n) is 10.9. The van der Waals surface area contributed by atoms with Gasteiger partial charge in [-0.05, 0) is 34.5 Å². The molecule has 2 aromatic rings. The first-order chi connectivity index (χ1) is 9.72. The molecule has 1 aromatic carbocycles. The van der Waals surface area contributed by atoms with E-state index in [4.69, 9.17) is 0 Å². The van der Waals surface area contributed by atoms with Gasteiger partial charge in [0.25, 0.3) is 0 Å². The van der Waals surface area contributed by atoms with Gasteiger partial charge in [0.05, 0.1) is 18.2 Å². The summed E-state index contributed by atoms with van der Waals surface area (Å²) in [6.45, 7) is 1.09. The number of nitrogens with zero attached hydrogens (tertiary/aromatic N) is 5. The smallest absolute Gasteiger partial charge is 0.227 e. The Morgan fingerprint density at radius 2 is 2.15 bits per heavy atom. The molecule has 0 bridgehead atoms. The maximum Gasteiger partial charge on any atom is 0.227 e. The molecule has 0 unspecified atom stereocenters. The second-order valence-electron chi connectivity index (χ2n) is 4.88. The number of carbonyl (C=O) groups is 1. The van der Waals surface area contributed by atoms with E-state index in [-0.39, 0.29) is 12.0 Å². The number of carbonyl (C=O) groups excluding carboxylic acids is 1. The van der Waals surface area contributed by atoms with Crippen molar-refractivity contribution in [3.05, 3.63) is 36.2 Å². The molecule has 1 aliphatic heterocycles. The molecule has 104 valence electrons. The number of aliphatic hydroxyl groups is 1. The Bertz CT molecular complexity index is 581. The summed E-state index contributed by atoms with van der Waals surface area (Å²) in [6, 6.07) is 7.53. The van der Waals surface area contributed by atoms with Gasteiger partial charge in [-0.15, -0.1) is 5.10 Å². The molecule has 3 rings (SSSR count). The van der Waals surface area contributed by atoms with Crippen molar-refractivity contribution in [3.63, 3.8) is 0 Å². The van der Waals surface area contributed by atoms with E-state index in [0.717, 1.165) is 11.3 Å². The summed E-state index contributed by atoms with van der Waals surface area (Å²) in [5.74, 6) is 0.0525. The van der Waals surface area contributed by atoms with E-state index in [0.29, 0.717) is 25.9 Å². The lowest BCUT2D eigenvalue weighted by molar-refractivity contribution is -0.129. The molecule has 20 heavy (non-hydrogen) atoms. The summed E-state index contributed by atoms with van der Waals surface area (Å²) in [5.41, 5.74) is 1.79. The van der Waals surface area contributed by atoms with Crippen molar-refractivity contribution < 1.29 is 9.90 Å². The van der Waals surface area contributed by atoms with E-state index in [1.807, 2.05) is 24.3 Å². The van der Waals surface area contributed by atoms with Crippen LogP contribution in [0.5, 0.6) is 0 Å². The predicted octanol–water partition coefficient (Wildman–Crippen LogP) is -0.202. The number of β-amino-alcohol motifs (C(OH)–C–C–N with tert-alkyl or cyclic N) is 1. The minimum Gasteiger partial charge on any atom is -0.391 e. The molecule has 0 spiro atoms. The van der Waals surface area contributed by atoms with E-state index in [1.165, 1.54) is 6.33 Å². The molecule has 1 amide bonds. The Balaban J connectivity index is 1.65. The molecular formula is C13H15N5O2. The van der Waals surface area contributed by atoms with Gasteiger partial charge in [0.15, 0.2) is 0 Å². The lowest BCUT2D eigenvalue weighted by Crippen LogP contribution is -2.30. The molecule has 2 heterocycles. The van der Waals surface area contributed by atoms with Crippen molar-refractivity contribution in [2.24, 2.45) is 0 Å². The second-order valence-corrected chi connectivity index (χ2v) is 4.88. The average molecular weight is 273 g/mol. The van der Waals surface area contributed by atoms with Crippen LogP contribution in [-0.2, 0) is 11.2 Å². The fraction of sp³-hybridized carbons (Fsp3) is 0.385. The number of hydrogen-bond donors (Lipinski definition) is 1. The maximum absolute atomic E-state index is 12.1. The van der Waals surface area contributed by atoms with E-state index < -0.39 is 0 Å². The number of hydrogen-bond acceptors (Lipinski definition) is 5. The van der Waals surface area contributed by atoms with Crippen LogP contribution < -0.4 is 0 Å². The number of aromatic nitrogens is 4. The van der Waals surface area contributed by atoms with Crippen LogP contribution in [-0.4, -0.2) is 55.3 Å². The zero-order valence-corrected chi connectivity index (χ0v) is 10.9. The highest BCUT2D eigenvalue weighted by Gasteiger charge is 2.24. The second kappa shape index (κ2) is 5.38. The first-order valence-corrected chi connectivity index (χ1v) is 6.50. The topological polar surface area (TPSA) is 84.1 Å². The predicted molar refractivity (Wildman–Crippen MR) is 70.1 cm³/mol. The van der Waals surface area contributed by atoms with Gasteiger partial charge in [0, 0.05) is 13.1 Å². The van der Waals surface area contributed by atoms with Crippen LogP contribution in [0.4, 0.5) is 0 Å². The lowest BCUT2D eigenvalue weighted by Gasteiger charge is -2.15. The highest BCUT2D eigenvalue weighted by Crippen LogP contribution is 2.13. The van der Waals surface area contributed by atoms with Crippen LogP contribution in [0, 0.1) is 0 Å². The Morgan fingerprint density at radius 3 is 2.75 bits per heavy atom. The normalized spacial score (nSPS) is 18.4. The number of amides is 1. The van der Waals surface area contributed by atoms with Crippen LogP contribution in [0.25, 0.3) is 5.69 Å².